The van der Waals surface area contributed by atoms with E-state index in [2.05, 4.69) is 4.98 Å². The van der Waals surface area contributed by atoms with Gasteiger partial charge in [0.15, 0.2) is 11.5 Å². The summed E-state index contributed by atoms with van der Waals surface area (Å²) in [5.41, 5.74) is 1.48. The van der Waals surface area contributed by atoms with Crippen molar-refractivity contribution in [1.82, 2.24) is 13.9 Å². The zero-order valence-electron chi connectivity index (χ0n) is 19.2. The van der Waals surface area contributed by atoms with Crippen LogP contribution in [0, 0.1) is 0 Å². The third-order valence-corrected chi connectivity index (χ3v) is 8.01. The van der Waals surface area contributed by atoms with Gasteiger partial charge in [-0.1, -0.05) is 19.9 Å². The van der Waals surface area contributed by atoms with Crippen LogP contribution in [0.2, 0.25) is 0 Å². The predicted octanol–water partition coefficient (Wildman–Crippen LogP) is 3.55. The summed E-state index contributed by atoms with van der Waals surface area (Å²) in [5.74, 6) is 0.535. The normalized spacial score (nSPS) is 11.6. The zero-order valence-corrected chi connectivity index (χ0v) is 20.8. The molecular weight excluding hydrogens is 466 g/mol. The van der Waals surface area contributed by atoms with E-state index in [1.165, 1.54) is 32.5 Å². The fourth-order valence-electron chi connectivity index (χ4n) is 3.36. The summed E-state index contributed by atoms with van der Waals surface area (Å²) in [6, 6.07) is 6.85. The van der Waals surface area contributed by atoms with Crippen molar-refractivity contribution in [3.8, 4) is 22.1 Å². The van der Waals surface area contributed by atoms with Crippen LogP contribution in [0.1, 0.15) is 30.0 Å². The van der Waals surface area contributed by atoms with E-state index in [-0.39, 0.29) is 17.2 Å². The Kier molecular flexibility index (Phi) is 7.77. The molecule has 178 valence electrons. The van der Waals surface area contributed by atoms with E-state index < -0.39 is 16.0 Å². The highest BCUT2D eigenvalue weighted by atomic mass is 32.2. The van der Waals surface area contributed by atoms with Crippen LogP contribution >= 0.6 is 11.3 Å². The quantitative estimate of drug-likeness (QED) is 0.398. The second-order valence-corrected chi connectivity index (χ2v) is 9.82. The Labute approximate surface area is 197 Å². The molecule has 0 saturated heterocycles. The molecular formula is C22H27N3O6S2. The first-order valence-electron chi connectivity index (χ1n) is 10.3. The van der Waals surface area contributed by atoms with Gasteiger partial charge < -0.3 is 18.8 Å². The van der Waals surface area contributed by atoms with Gasteiger partial charge in [-0.05, 0) is 18.2 Å². The van der Waals surface area contributed by atoms with Gasteiger partial charge in [-0.3, -0.25) is 0 Å². The minimum atomic E-state index is -3.67. The fourth-order valence-corrected chi connectivity index (χ4v) is 5.71. The van der Waals surface area contributed by atoms with Crippen LogP contribution in [-0.4, -0.2) is 55.6 Å². The number of methoxy groups -OCH3 is 2. The number of hydrogen-bond acceptors (Lipinski definition) is 8. The number of sulfonamides is 1. The van der Waals surface area contributed by atoms with Crippen molar-refractivity contribution >= 4 is 27.3 Å². The fraction of sp³-hybridized carbons (Fsp3) is 0.364. The van der Waals surface area contributed by atoms with Crippen molar-refractivity contribution in [3.05, 3.63) is 47.2 Å². The Bertz CT molecular complexity index is 1230. The molecule has 3 rings (SSSR count). The molecule has 0 spiro atoms. The number of benzene rings is 1. The molecule has 0 N–H and O–H groups in total. The summed E-state index contributed by atoms with van der Waals surface area (Å²) >= 11 is 1.39. The van der Waals surface area contributed by atoms with Gasteiger partial charge >= 0.3 is 5.97 Å². The molecule has 0 atom stereocenters. The summed E-state index contributed by atoms with van der Waals surface area (Å²) in [7, 11) is 1.06. The average Bonchev–Trinajstić information content (AvgIpc) is 3.44. The van der Waals surface area contributed by atoms with Crippen molar-refractivity contribution in [3.63, 3.8) is 0 Å². The van der Waals surface area contributed by atoms with E-state index in [9.17, 15) is 13.2 Å². The Morgan fingerprint density at radius 3 is 2.55 bits per heavy atom. The highest BCUT2D eigenvalue weighted by Gasteiger charge is 2.26. The molecule has 9 nitrogen and oxygen atoms in total. The lowest BCUT2D eigenvalue weighted by Gasteiger charge is -2.17. The number of thiazole rings is 1. The molecule has 1 aromatic carbocycles. The van der Waals surface area contributed by atoms with Crippen molar-refractivity contribution in [2.75, 3.05) is 27.3 Å². The first kappa shape index (κ1) is 24.7. The number of aromatic nitrogens is 2. The van der Waals surface area contributed by atoms with Gasteiger partial charge in [-0.2, -0.15) is 4.31 Å². The maximum atomic E-state index is 12.7. The highest BCUT2D eigenvalue weighted by Crippen LogP contribution is 2.39. The maximum absolute atomic E-state index is 12.7. The second kappa shape index (κ2) is 10.4. The summed E-state index contributed by atoms with van der Waals surface area (Å²) < 4.78 is 44.4. The van der Waals surface area contributed by atoms with Crippen LogP contribution in [-0.2, 0) is 28.4 Å². The minimum Gasteiger partial charge on any atom is -0.493 e. The predicted molar refractivity (Wildman–Crippen MR) is 125 cm³/mol. The number of carbonyl (C=O) groups excluding carboxylic acids is 1. The van der Waals surface area contributed by atoms with Crippen molar-refractivity contribution < 1.29 is 27.4 Å². The van der Waals surface area contributed by atoms with E-state index in [0.29, 0.717) is 35.3 Å². The number of rotatable bonds is 10. The maximum Gasteiger partial charge on any atom is 0.355 e. The van der Waals surface area contributed by atoms with Crippen LogP contribution in [0.15, 0.2) is 40.7 Å². The molecule has 0 saturated carbocycles. The molecule has 0 fully saturated rings. The van der Waals surface area contributed by atoms with E-state index in [1.807, 2.05) is 12.1 Å². The van der Waals surface area contributed by atoms with Crippen molar-refractivity contribution in [1.29, 1.82) is 0 Å². The Balaban J connectivity index is 1.75. The summed E-state index contributed by atoms with van der Waals surface area (Å²) in [5, 5.41) is 2.49. The number of nitrogens with zero attached hydrogens (tertiary/aromatic N) is 3. The van der Waals surface area contributed by atoms with Gasteiger partial charge in [0.1, 0.15) is 22.2 Å². The lowest BCUT2D eigenvalue weighted by atomic mass is 10.2. The molecule has 0 radical (unpaired) electrons. The van der Waals surface area contributed by atoms with Crippen LogP contribution in [0.4, 0.5) is 0 Å². The van der Waals surface area contributed by atoms with Gasteiger partial charge in [0.05, 0.1) is 25.5 Å². The minimum absolute atomic E-state index is 0.0507. The monoisotopic (exact) mass is 493 g/mol. The van der Waals surface area contributed by atoms with Gasteiger partial charge in [0.25, 0.3) is 0 Å². The molecule has 2 heterocycles. The Morgan fingerprint density at radius 2 is 1.91 bits per heavy atom. The molecule has 2 aromatic heterocycles. The molecule has 0 aliphatic rings. The molecule has 33 heavy (non-hydrogen) atoms. The molecule has 0 aliphatic carbocycles. The summed E-state index contributed by atoms with van der Waals surface area (Å²) in [6.07, 6.45) is 1.42. The second-order valence-electron chi connectivity index (χ2n) is 7.02. The standard InChI is InChI=1S/C22H27N3O6S2/c1-6-25(7-2)33(27,28)16-11-18(24(3)12-16)22(26)31-13-15-14-32-21(23-15)17-9-8-10-19(29-4)20(17)30-5/h8-12,14H,6-7,13H2,1-5H3. The molecule has 3 aromatic rings. The zero-order chi connectivity index (χ0) is 24.2. The molecule has 0 aliphatic heterocycles. The van der Waals surface area contributed by atoms with E-state index in [1.54, 1.807) is 46.6 Å². The van der Waals surface area contributed by atoms with Gasteiger partial charge in [-0.15, -0.1) is 11.3 Å². The van der Waals surface area contributed by atoms with Gasteiger partial charge in [-0.25, -0.2) is 18.2 Å². The largest absolute Gasteiger partial charge is 0.493 e. The molecule has 0 bridgehead atoms. The SMILES string of the molecule is CCN(CC)S(=O)(=O)c1cc(C(=O)OCc2csc(-c3cccc(OC)c3OC)n2)n(C)c1. The first-order chi connectivity index (χ1) is 15.8. The number of carbonyl (C=O) groups is 1. The smallest absolute Gasteiger partial charge is 0.355 e. The highest BCUT2D eigenvalue weighted by molar-refractivity contribution is 7.89. The number of ether oxygens (including phenoxy) is 3. The number of aryl methyl sites for hydroxylation is 1. The van der Waals surface area contributed by atoms with Crippen LogP contribution in [0.5, 0.6) is 11.5 Å². The van der Waals surface area contributed by atoms with Crippen molar-refractivity contribution in [2.24, 2.45) is 7.05 Å². The Hall–Kier alpha value is -2.89. The lowest BCUT2D eigenvalue weighted by Crippen LogP contribution is -2.30. The summed E-state index contributed by atoms with van der Waals surface area (Å²) in [6.45, 7) is 4.17. The Morgan fingerprint density at radius 1 is 1.18 bits per heavy atom. The third-order valence-electron chi connectivity index (χ3n) is 5.07. The van der Waals surface area contributed by atoms with Gasteiger partial charge in [0.2, 0.25) is 10.0 Å². The lowest BCUT2D eigenvalue weighted by molar-refractivity contribution is 0.0457. The summed E-state index contributed by atoms with van der Waals surface area (Å²) in [4.78, 5) is 17.2. The van der Waals surface area contributed by atoms with Crippen LogP contribution < -0.4 is 9.47 Å². The molecule has 0 unspecified atom stereocenters. The van der Waals surface area contributed by atoms with Crippen molar-refractivity contribution in [2.45, 2.75) is 25.3 Å². The number of hydrogen-bond donors (Lipinski definition) is 0. The van der Waals surface area contributed by atoms with Crippen LogP contribution in [0.3, 0.4) is 0 Å². The number of para-hydroxylation sites is 1. The van der Waals surface area contributed by atoms with E-state index in [4.69, 9.17) is 14.2 Å². The van der Waals surface area contributed by atoms with Gasteiger partial charge in [0, 0.05) is 31.7 Å². The van der Waals surface area contributed by atoms with E-state index >= 15 is 0 Å². The van der Waals surface area contributed by atoms with Crippen LogP contribution in [0.25, 0.3) is 10.6 Å². The topological polar surface area (TPSA) is 100.0 Å². The molecule has 11 heteroatoms. The van der Waals surface area contributed by atoms with E-state index in [0.717, 1.165) is 5.56 Å². The average molecular weight is 494 g/mol. The molecule has 0 amide bonds. The first-order valence-corrected chi connectivity index (χ1v) is 12.6. The third kappa shape index (κ3) is 5.05. The number of esters is 1.